The minimum absolute atomic E-state index is 0.0928. The summed E-state index contributed by atoms with van der Waals surface area (Å²) in [6.45, 7) is 0. The Morgan fingerprint density at radius 3 is 2.60 bits per heavy atom. The number of thiophene rings is 1. The highest BCUT2D eigenvalue weighted by molar-refractivity contribution is 7.99. The average Bonchev–Trinajstić information content (AvgIpc) is 3.22. The highest BCUT2D eigenvalue weighted by Crippen LogP contribution is 2.34. The molecule has 10 heteroatoms. The monoisotopic (exact) mass is 384 g/mol. The molecular weight excluding hydrogens is 373 g/mol. The van der Waals surface area contributed by atoms with Gasteiger partial charge in [-0.05, 0) is 23.6 Å². The van der Waals surface area contributed by atoms with Gasteiger partial charge in [-0.1, -0.05) is 30.0 Å². The number of amides is 1. The van der Waals surface area contributed by atoms with E-state index in [-0.39, 0.29) is 21.3 Å². The van der Waals surface area contributed by atoms with Crippen molar-refractivity contribution in [2.75, 3.05) is 11.1 Å². The van der Waals surface area contributed by atoms with E-state index in [1.807, 2.05) is 0 Å². The topological polar surface area (TPSA) is 59.8 Å². The van der Waals surface area contributed by atoms with Crippen molar-refractivity contribution in [3.05, 3.63) is 47.2 Å². The predicted molar refractivity (Wildman–Crippen MR) is 90.4 cm³/mol. The fourth-order valence-electron chi connectivity index (χ4n) is 2.02. The summed E-state index contributed by atoms with van der Waals surface area (Å²) < 4.78 is 40.2. The van der Waals surface area contributed by atoms with E-state index in [9.17, 15) is 18.0 Å². The maximum Gasteiger partial charge on any atom is 0.492 e. The molecular formula is C15H11F3N4OS2. The smallest absolute Gasteiger partial charge is 0.325 e. The number of para-hydroxylation sites is 1. The quantitative estimate of drug-likeness (QED) is 0.670. The van der Waals surface area contributed by atoms with E-state index in [0.29, 0.717) is 23.0 Å². The molecule has 0 bridgehead atoms. The fraction of sp³-hybridized carbons (Fsp3) is 0.133. The summed E-state index contributed by atoms with van der Waals surface area (Å²) in [5.74, 6) is -0.933. The molecule has 1 aromatic carbocycles. The molecule has 3 rings (SSSR count). The van der Waals surface area contributed by atoms with Crippen molar-refractivity contribution in [2.24, 2.45) is 0 Å². The molecule has 0 saturated carbocycles. The number of hydrogen-bond acceptors (Lipinski definition) is 5. The van der Waals surface area contributed by atoms with Gasteiger partial charge in [-0.15, -0.1) is 23.4 Å². The number of hydrogen-bond donors (Lipinski definition) is 1. The van der Waals surface area contributed by atoms with Crippen LogP contribution in [0.4, 0.5) is 18.9 Å². The van der Waals surface area contributed by atoms with E-state index < -0.39 is 12.2 Å². The predicted octanol–water partition coefficient (Wildman–Crippen LogP) is 4.21. The molecule has 0 fully saturated rings. The van der Waals surface area contributed by atoms with E-state index in [2.05, 4.69) is 15.5 Å². The van der Waals surface area contributed by atoms with Crippen LogP contribution in [0.1, 0.15) is 0 Å². The summed E-state index contributed by atoms with van der Waals surface area (Å²) in [6.07, 6.45) is -4.68. The van der Waals surface area contributed by atoms with Crippen molar-refractivity contribution in [3.8, 4) is 11.4 Å². The van der Waals surface area contributed by atoms with Crippen molar-refractivity contribution in [1.82, 2.24) is 14.8 Å². The summed E-state index contributed by atoms with van der Waals surface area (Å²) >= 11 is 1.94. The highest BCUT2D eigenvalue weighted by Gasteiger charge is 2.37. The average molecular weight is 384 g/mol. The second kappa shape index (κ2) is 7.28. The van der Waals surface area contributed by atoms with E-state index in [4.69, 9.17) is 0 Å². The fourth-order valence-corrected chi connectivity index (χ4v) is 3.40. The van der Waals surface area contributed by atoms with Gasteiger partial charge < -0.3 is 5.32 Å². The van der Waals surface area contributed by atoms with E-state index in [1.54, 1.807) is 41.1 Å². The lowest BCUT2D eigenvalue weighted by Crippen LogP contribution is -2.20. The number of nitrogens with zero attached hydrogens (tertiary/aromatic N) is 3. The molecule has 0 atom stereocenters. The standard InChI is InChI=1S/C15H11F3N4OS2/c16-15(17,18)22-13(10-6-7-24-8-10)20-21-14(22)25-9-12(23)19-11-4-2-1-3-5-11/h1-8H,9H2,(H,19,23). The summed E-state index contributed by atoms with van der Waals surface area (Å²) in [6, 6.07) is 10.2. The molecule has 3 aromatic rings. The van der Waals surface area contributed by atoms with Crippen molar-refractivity contribution >= 4 is 34.7 Å². The van der Waals surface area contributed by atoms with Gasteiger partial charge in [0.1, 0.15) is 0 Å². The second-order valence-electron chi connectivity index (χ2n) is 4.82. The summed E-state index contributed by atoms with van der Waals surface area (Å²) in [5, 5.41) is 12.7. The molecule has 5 nitrogen and oxygen atoms in total. The number of carbonyl (C=O) groups excluding carboxylic acids is 1. The zero-order valence-electron chi connectivity index (χ0n) is 12.5. The van der Waals surface area contributed by atoms with E-state index >= 15 is 0 Å². The molecule has 2 heterocycles. The van der Waals surface area contributed by atoms with Crippen LogP contribution in [0.5, 0.6) is 0 Å². The van der Waals surface area contributed by atoms with Gasteiger partial charge in [0.2, 0.25) is 5.91 Å². The molecule has 0 unspecified atom stereocenters. The number of thioether (sulfide) groups is 1. The van der Waals surface area contributed by atoms with Crippen molar-refractivity contribution in [2.45, 2.75) is 11.5 Å². The lowest BCUT2D eigenvalue weighted by molar-refractivity contribution is -0.208. The summed E-state index contributed by atoms with van der Waals surface area (Å²) in [7, 11) is 0. The third kappa shape index (κ3) is 4.20. The number of benzene rings is 1. The van der Waals surface area contributed by atoms with Gasteiger partial charge in [-0.3, -0.25) is 4.79 Å². The molecule has 130 valence electrons. The Hall–Kier alpha value is -2.33. The molecule has 0 radical (unpaired) electrons. The molecule has 0 aliphatic carbocycles. The van der Waals surface area contributed by atoms with Gasteiger partial charge >= 0.3 is 6.30 Å². The van der Waals surface area contributed by atoms with Crippen LogP contribution in [0, 0.1) is 0 Å². The molecule has 1 N–H and O–H groups in total. The summed E-state index contributed by atoms with van der Waals surface area (Å²) in [5.41, 5.74) is 0.903. The van der Waals surface area contributed by atoms with Crippen molar-refractivity contribution < 1.29 is 18.0 Å². The van der Waals surface area contributed by atoms with Crippen LogP contribution < -0.4 is 5.32 Å². The van der Waals surface area contributed by atoms with Gasteiger partial charge in [0.05, 0.1) is 5.75 Å². The number of alkyl halides is 3. The van der Waals surface area contributed by atoms with Gasteiger partial charge in [-0.25, -0.2) is 4.57 Å². The van der Waals surface area contributed by atoms with Gasteiger partial charge in [0.25, 0.3) is 0 Å². The Bertz CT molecular complexity index is 848. The highest BCUT2D eigenvalue weighted by atomic mass is 32.2. The lowest BCUT2D eigenvalue weighted by atomic mass is 10.3. The zero-order chi connectivity index (χ0) is 17.9. The number of nitrogens with one attached hydrogen (secondary N) is 1. The Labute approximate surface area is 148 Å². The lowest BCUT2D eigenvalue weighted by Gasteiger charge is -2.12. The molecule has 0 aliphatic rings. The van der Waals surface area contributed by atoms with Crippen LogP contribution in [-0.2, 0) is 11.1 Å². The number of rotatable bonds is 5. The van der Waals surface area contributed by atoms with Crippen LogP contribution in [0.2, 0.25) is 0 Å². The third-order valence-electron chi connectivity index (χ3n) is 3.06. The van der Waals surface area contributed by atoms with Crippen LogP contribution >= 0.6 is 23.1 Å². The van der Waals surface area contributed by atoms with Gasteiger partial charge in [0, 0.05) is 16.6 Å². The van der Waals surface area contributed by atoms with Crippen LogP contribution in [0.15, 0.2) is 52.3 Å². The largest absolute Gasteiger partial charge is 0.492 e. The minimum atomic E-state index is -4.68. The van der Waals surface area contributed by atoms with Crippen molar-refractivity contribution in [1.29, 1.82) is 0 Å². The second-order valence-corrected chi connectivity index (χ2v) is 6.55. The van der Waals surface area contributed by atoms with E-state index in [1.165, 1.54) is 17.4 Å². The summed E-state index contributed by atoms with van der Waals surface area (Å²) in [4.78, 5) is 11.9. The SMILES string of the molecule is O=C(CSc1nnc(-c2ccsc2)n1C(F)(F)F)Nc1ccccc1. The Morgan fingerprint density at radius 2 is 1.96 bits per heavy atom. The first-order chi connectivity index (χ1) is 11.9. The first-order valence-electron chi connectivity index (χ1n) is 6.98. The minimum Gasteiger partial charge on any atom is -0.325 e. The van der Waals surface area contributed by atoms with E-state index in [0.717, 1.165) is 0 Å². The molecule has 2 aromatic heterocycles. The zero-order valence-corrected chi connectivity index (χ0v) is 14.2. The number of halogens is 3. The number of carbonyl (C=O) groups is 1. The first kappa shape index (κ1) is 17.5. The molecule has 0 aliphatic heterocycles. The number of aromatic nitrogens is 3. The Morgan fingerprint density at radius 1 is 1.20 bits per heavy atom. The number of anilines is 1. The van der Waals surface area contributed by atoms with Crippen LogP contribution in [-0.4, -0.2) is 26.4 Å². The van der Waals surface area contributed by atoms with Gasteiger partial charge in [0.15, 0.2) is 11.0 Å². The van der Waals surface area contributed by atoms with Crippen molar-refractivity contribution in [3.63, 3.8) is 0 Å². The molecule has 0 spiro atoms. The Kier molecular flexibility index (Phi) is 5.09. The van der Waals surface area contributed by atoms with Crippen LogP contribution in [0.25, 0.3) is 11.4 Å². The maximum absolute atomic E-state index is 13.4. The first-order valence-corrected chi connectivity index (χ1v) is 8.91. The molecule has 0 saturated heterocycles. The molecule has 25 heavy (non-hydrogen) atoms. The van der Waals surface area contributed by atoms with Gasteiger partial charge in [-0.2, -0.15) is 11.3 Å². The maximum atomic E-state index is 13.4. The third-order valence-corrected chi connectivity index (χ3v) is 4.67. The normalized spacial score (nSPS) is 11.5. The Balaban J connectivity index is 1.75. The molecule has 1 amide bonds. The van der Waals surface area contributed by atoms with Crippen LogP contribution in [0.3, 0.4) is 0 Å².